The second kappa shape index (κ2) is 16.5. The molecule has 4 aromatic carbocycles. The molecule has 2 saturated heterocycles. The fourth-order valence-corrected chi connectivity index (χ4v) is 10.7. The van der Waals surface area contributed by atoms with E-state index in [0.717, 1.165) is 46.5 Å². The molecule has 0 radical (unpaired) electrons. The minimum atomic E-state index is -3.95. The first-order valence-electron chi connectivity index (χ1n) is 19.9. The van der Waals surface area contributed by atoms with Crippen molar-refractivity contribution in [3.05, 3.63) is 137 Å². The molecule has 7 rings (SSSR count). The van der Waals surface area contributed by atoms with Gasteiger partial charge in [0.15, 0.2) is 6.29 Å². The van der Waals surface area contributed by atoms with Crippen molar-refractivity contribution >= 4 is 15.9 Å². The van der Waals surface area contributed by atoms with E-state index in [1.807, 2.05) is 73.7 Å². The molecule has 0 spiro atoms. The van der Waals surface area contributed by atoms with Gasteiger partial charge in [-0.1, -0.05) is 124 Å². The highest BCUT2D eigenvalue weighted by molar-refractivity contribution is 7.89. The number of carbonyl (C=O) groups excluding carboxylic acids is 1. The first-order chi connectivity index (χ1) is 26.7. The zero-order valence-corrected chi connectivity index (χ0v) is 34.1. The van der Waals surface area contributed by atoms with Gasteiger partial charge in [-0.05, 0) is 77.8 Å². The van der Waals surface area contributed by atoms with Gasteiger partial charge in [-0.15, -0.1) is 0 Å². The van der Waals surface area contributed by atoms with Gasteiger partial charge >= 0.3 is 0 Å². The van der Waals surface area contributed by atoms with Gasteiger partial charge in [0.2, 0.25) is 15.9 Å². The van der Waals surface area contributed by atoms with Crippen molar-refractivity contribution < 1.29 is 27.8 Å². The number of amides is 1. The molecule has 3 aliphatic rings. The summed E-state index contributed by atoms with van der Waals surface area (Å²) in [6.45, 7) is 13.5. The zero-order chi connectivity index (χ0) is 39.7. The number of carbonyl (C=O) groups is 1. The maximum Gasteiger partial charge on any atom is 0.241 e. The average Bonchev–Trinajstić information content (AvgIpc) is 3.41. The number of sulfonamides is 1. The molecule has 3 N–H and O–H groups in total. The number of hydrogen-bond donors (Lipinski definition) is 3. The number of ether oxygens (including phenoxy) is 2. The highest BCUT2D eigenvalue weighted by Crippen LogP contribution is 2.53. The summed E-state index contributed by atoms with van der Waals surface area (Å²) in [6, 6.07) is 31.4. The van der Waals surface area contributed by atoms with Crippen molar-refractivity contribution in [3.63, 3.8) is 0 Å². The number of rotatable bonds is 13. The van der Waals surface area contributed by atoms with Crippen LogP contribution in [0.25, 0.3) is 0 Å². The molecule has 7 atom stereocenters. The van der Waals surface area contributed by atoms with E-state index in [1.54, 1.807) is 24.3 Å². The van der Waals surface area contributed by atoms with E-state index >= 15 is 0 Å². The van der Waals surface area contributed by atoms with Gasteiger partial charge in [0.25, 0.3) is 0 Å². The van der Waals surface area contributed by atoms with Crippen LogP contribution >= 0.6 is 0 Å². The molecule has 2 unspecified atom stereocenters. The summed E-state index contributed by atoms with van der Waals surface area (Å²) in [4.78, 5) is 16.4. The molecule has 1 aliphatic carbocycles. The largest absolute Gasteiger partial charge is 0.392 e. The van der Waals surface area contributed by atoms with Gasteiger partial charge in [-0.2, -0.15) is 4.72 Å². The van der Waals surface area contributed by atoms with Crippen molar-refractivity contribution in [2.45, 2.75) is 109 Å². The number of nitrogens with one attached hydrogen (secondary N) is 2. The Morgan fingerprint density at radius 1 is 0.857 bits per heavy atom. The number of aliphatic hydroxyl groups excluding tert-OH is 1. The molecule has 2 bridgehead atoms. The fourth-order valence-electron chi connectivity index (χ4n) is 9.46. The molecule has 2 aliphatic heterocycles. The molecule has 10 heteroatoms. The molecule has 298 valence electrons. The highest BCUT2D eigenvalue weighted by Gasteiger charge is 2.51. The Balaban J connectivity index is 1.06. The first kappa shape index (κ1) is 40.3. The highest BCUT2D eigenvalue weighted by atomic mass is 32.2. The van der Waals surface area contributed by atoms with Crippen LogP contribution in [0.4, 0.5) is 0 Å². The fraction of sp³-hybridized carbons (Fsp3) is 0.457. The smallest absolute Gasteiger partial charge is 0.241 e. The third-order valence-corrected chi connectivity index (χ3v) is 13.5. The Morgan fingerprint density at radius 3 is 2.20 bits per heavy atom. The van der Waals surface area contributed by atoms with Crippen LogP contribution < -0.4 is 10.0 Å². The number of likely N-dealkylation sites (tertiary alicyclic amines) is 1. The summed E-state index contributed by atoms with van der Waals surface area (Å²) in [5.41, 5.74) is 6.10. The number of aryl methyl sites for hydroxylation is 1. The third kappa shape index (κ3) is 9.44. The lowest BCUT2D eigenvalue weighted by atomic mass is 9.65. The Labute approximate surface area is 332 Å². The van der Waals surface area contributed by atoms with E-state index in [4.69, 9.17) is 9.47 Å². The minimum absolute atomic E-state index is 0.00922. The Bertz CT molecular complexity index is 2060. The van der Waals surface area contributed by atoms with E-state index in [0.29, 0.717) is 16.9 Å². The predicted octanol–water partition coefficient (Wildman–Crippen LogP) is 7.39. The molecule has 4 aromatic rings. The lowest BCUT2D eigenvalue weighted by Crippen LogP contribution is -2.47. The summed E-state index contributed by atoms with van der Waals surface area (Å²) in [6.07, 6.45) is 3.00. The number of hydrogen-bond acceptors (Lipinski definition) is 7. The van der Waals surface area contributed by atoms with Crippen molar-refractivity contribution in [2.75, 3.05) is 13.1 Å². The van der Waals surface area contributed by atoms with Gasteiger partial charge in [0.1, 0.15) is 6.04 Å². The SMILES string of the molecule is Cc1ccc(S(=O)(=O)N[C@H](Cc2ccccc2)C(=O)NCc2ccc([C@@H]3O[C@H](CN4CC5(C)CC4CC(C)(C)C5)[C@H](C)[C@H](c4ccc(CO)cc4)O3)cc2)cc1. The molecular weight excluding hydrogens is 723 g/mol. The van der Waals surface area contributed by atoms with Crippen LogP contribution in [-0.2, 0) is 43.9 Å². The van der Waals surface area contributed by atoms with Crippen LogP contribution in [0.15, 0.2) is 108 Å². The van der Waals surface area contributed by atoms with Crippen LogP contribution in [-0.4, -0.2) is 55.6 Å². The van der Waals surface area contributed by atoms with E-state index in [2.05, 4.69) is 54.8 Å². The maximum absolute atomic E-state index is 13.6. The Morgan fingerprint density at radius 2 is 1.52 bits per heavy atom. The molecular formula is C46H57N3O6S. The second-order valence-corrected chi connectivity index (χ2v) is 19.3. The molecule has 2 heterocycles. The quantitative estimate of drug-likeness (QED) is 0.130. The summed E-state index contributed by atoms with van der Waals surface area (Å²) in [5.74, 6) is -0.322. The Hall–Kier alpha value is -3.90. The van der Waals surface area contributed by atoms with Crippen LogP contribution in [0.2, 0.25) is 0 Å². The predicted molar refractivity (Wildman–Crippen MR) is 218 cm³/mol. The number of fused-ring (bicyclic) bond motifs is 2. The van der Waals surface area contributed by atoms with E-state index < -0.39 is 28.3 Å². The minimum Gasteiger partial charge on any atom is -0.392 e. The van der Waals surface area contributed by atoms with Gasteiger partial charge in [-0.25, -0.2) is 8.42 Å². The number of nitrogens with zero attached hydrogens (tertiary/aromatic N) is 1. The summed E-state index contributed by atoms with van der Waals surface area (Å²) < 4.78 is 43.0. The molecule has 1 amide bonds. The van der Waals surface area contributed by atoms with E-state index in [9.17, 15) is 18.3 Å². The van der Waals surface area contributed by atoms with Gasteiger partial charge in [0.05, 0.1) is 23.7 Å². The molecule has 9 nitrogen and oxygen atoms in total. The van der Waals surface area contributed by atoms with Crippen LogP contribution in [0.3, 0.4) is 0 Å². The molecule has 56 heavy (non-hydrogen) atoms. The molecule has 0 aromatic heterocycles. The summed E-state index contributed by atoms with van der Waals surface area (Å²) in [7, 11) is -3.95. The number of benzene rings is 4. The lowest BCUT2D eigenvalue weighted by molar-refractivity contribution is -0.276. The normalized spacial score (nSPS) is 26.8. The van der Waals surface area contributed by atoms with Gasteiger partial charge in [-0.3, -0.25) is 9.69 Å². The monoisotopic (exact) mass is 779 g/mol. The van der Waals surface area contributed by atoms with Crippen LogP contribution in [0, 0.1) is 23.7 Å². The van der Waals surface area contributed by atoms with Crippen molar-refractivity contribution in [3.8, 4) is 0 Å². The first-order valence-corrected chi connectivity index (χ1v) is 21.4. The van der Waals surface area contributed by atoms with Crippen molar-refractivity contribution in [1.29, 1.82) is 0 Å². The molecule has 3 fully saturated rings. The van der Waals surface area contributed by atoms with Crippen LogP contribution in [0.1, 0.15) is 92.7 Å². The third-order valence-electron chi connectivity index (χ3n) is 12.0. The standard InChI is InChI=1S/C46H57N3O6S/c1-31-11-21-39(22-12-31)56(52,53)48-40(23-33-9-7-6-8-10-33)43(51)47-26-34-13-19-37(20-14-34)44-54-41(27-49-30-46(5)25-38(49)24-45(3,4)29-46)32(2)42(55-44)36-17-15-35(28-50)16-18-36/h6-22,32,38,40-42,44,48,50H,23-30H2,1-5H3,(H,47,51)/t32-,38?,40+,41+,42+,44+,46?/m0/s1. The van der Waals surface area contributed by atoms with Gasteiger partial charge < -0.3 is 19.9 Å². The van der Waals surface area contributed by atoms with E-state index in [1.165, 1.54) is 19.3 Å². The lowest BCUT2D eigenvalue weighted by Gasteiger charge is -2.43. The van der Waals surface area contributed by atoms with Crippen molar-refractivity contribution in [1.82, 2.24) is 14.9 Å². The topological polar surface area (TPSA) is 117 Å². The zero-order valence-electron chi connectivity index (χ0n) is 33.3. The van der Waals surface area contributed by atoms with Crippen LogP contribution in [0.5, 0.6) is 0 Å². The second-order valence-electron chi connectivity index (χ2n) is 17.6. The summed E-state index contributed by atoms with van der Waals surface area (Å²) >= 11 is 0. The van der Waals surface area contributed by atoms with Gasteiger partial charge in [0, 0.05) is 37.2 Å². The average molecular weight is 780 g/mol. The van der Waals surface area contributed by atoms with Crippen molar-refractivity contribution in [2.24, 2.45) is 16.7 Å². The van der Waals surface area contributed by atoms with E-state index in [-0.39, 0.29) is 42.6 Å². The number of aliphatic hydroxyl groups is 1. The Kier molecular flexibility index (Phi) is 11.9. The summed E-state index contributed by atoms with van der Waals surface area (Å²) in [5, 5.41) is 12.6. The molecule has 1 saturated carbocycles. The maximum atomic E-state index is 13.6.